The quantitative estimate of drug-likeness (QED) is 0.225. The van der Waals surface area contributed by atoms with Crippen molar-refractivity contribution in [1.29, 1.82) is 5.26 Å². The van der Waals surface area contributed by atoms with Crippen LogP contribution in [0, 0.1) is 31.6 Å². The predicted octanol–water partition coefficient (Wildman–Crippen LogP) is 5.42. The van der Waals surface area contributed by atoms with E-state index in [4.69, 9.17) is 0 Å². The van der Waals surface area contributed by atoms with Crippen LogP contribution in [0.5, 0.6) is 0 Å². The zero-order valence-corrected chi connectivity index (χ0v) is 17.0. The van der Waals surface area contributed by atoms with Gasteiger partial charge in [0.25, 0.3) is 11.4 Å². The summed E-state index contributed by atoms with van der Waals surface area (Å²) in [5.74, 6) is 0. The first kappa shape index (κ1) is 21.1. The van der Waals surface area contributed by atoms with Crippen molar-refractivity contribution in [3.05, 3.63) is 116 Å². The van der Waals surface area contributed by atoms with Crippen molar-refractivity contribution in [2.45, 2.75) is 0 Å². The maximum absolute atomic E-state index is 11.0. The molecule has 1 aromatic heterocycles. The minimum Gasteiger partial charge on any atom is -0.258 e. The maximum atomic E-state index is 11.0. The van der Waals surface area contributed by atoms with Crippen LogP contribution in [0.25, 0.3) is 28.6 Å². The minimum atomic E-state index is -0.486. The number of non-ortho nitro benzene ring substituents is 2. The summed E-state index contributed by atoms with van der Waals surface area (Å²) in [6, 6.07) is 23.3. The molecule has 0 fully saturated rings. The summed E-state index contributed by atoms with van der Waals surface area (Å²) >= 11 is 0. The summed E-state index contributed by atoms with van der Waals surface area (Å²) in [6.07, 6.45) is 3.32. The van der Waals surface area contributed by atoms with Crippen LogP contribution in [-0.4, -0.2) is 19.6 Å². The average molecular weight is 437 g/mol. The van der Waals surface area contributed by atoms with Crippen molar-refractivity contribution in [3.8, 4) is 23.0 Å². The summed E-state index contributed by atoms with van der Waals surface area (Å²) in [7, 11) is 0. The van der Waals surface area contributed by atoms with Crippen molar-refractivity contribution in [2.75, 3.05) is 0 Å². The summed E-state index contributed by atoms with van der Waals surface area (Å²) in [5, 5.41) is 36.4. The standard InChI is InChI=1S/C24H15N5O4/c25-15-19(14-17-6-8-21(9-7-17)28(30)31)23-16-27(20-10-12-22(13-11-20)29(32)33)26-24(23)18-4-2-1-3-5-18/h1-14,16H. The zero-order chi connectivity index (χ0) is 23.4. The Hall–Kier alpha value is -5.10. The summed E-state index contributed by atoms with van der Waals surface area (Å²) in [4.78, 5) is 20.9. The van der Waals surface area contributed by atoms with Crippen LogP contribution in [0.2, 0.25) is 0 Å². The van der Waals surface area contributed by atoms with E-state index >= 15 is 0 Å². The Morgan fingerprint density at radius 2 is 1.45 bits per heavy atom. The number of allylic oxidation sites excluding steroid dienone is 1. The molecule has 4 aromatic rings. The van der Waals surface area contributed by atoms with Gasteiger partial charge in [-0.15, -0.1) is 0 Å². The Morgan fingerprint density at radius 3 is 2.00 bits per heavy atom. The molecule has 3 aromatic carbocycles. The highest BCUT2D eigenvalue weighted by molar-refractivity contribution is 5.94. The van der Waals surface area contributed by atoms with Crippen molar-refractivity contribution in [2.24, 2.45) is 0 Å². The molecule has 0 saturated carbocycles. The highest BCUT2D eigenvalue weighted by Crippen LogP contribution is 2.30. The normalized spacial score (nSPS) is 11.1. The average Bonchev–Trinajstić information content (AvgIpc) is 3.29. The zero-order valence-electron chi connectivity index (χ0n) is 17.0. The van der Waals surface area contributed by atoms with E-state index in [-0.39, 0.29) is 11.4 Å². The van der Waals surface area contributed by atoms with Crippen molar-refractivity contribution in [3.63, 3.8) is 0 Å². The fourth-order valence-corrected chi connectivity index (χ4v) is 3.27. The molecule has 0 unspecified atom stereocenters. The molecule has 0 aliphatic carbocycles. The van der Waals surface area contributed by atoms with Crippen LogP contribution in [-0.2, 0) is 0 Å². The van der Waals surface area contributed by atoms with Crippen LogP contribution < -0.4 is 0 Å². The number of hydrogen-bond acceptors (Lipinski definition) is 6. The lowest BCUT2D eigenvalue weighted by atomic mass is 10.0. The van der Waals surface area contributed by atoms with Gasteiger partial charge in [-0.05, 0) is 35.9 Å². The molecule has 9 heteroatoms. The number of nitro benzene ring substituents is 2. The van der Waals surface area contributed by atoms with Gasteiger partial charge >= 0.3 is 0 Å². The molecule has 0 spiro atoms. The molecule has 0 radical (unpaired) electrons. The van der Waals surface area contributed by atoms with E-state index in [1.165, 1.54) is 24.3 Å². The predicted molar refractivity (Wildman–Crippen MR) is 122 cm³/mol. The Balaban J connectivity index is 1.82. The van der Waals surface area contributed by atoms with Crippen molar-refractivity contribution < 1.29 is 9.85 Å². The molecular formula is C24H15N5O4. The molecule has 0 amide bonds. The van der Waals surface area contributed by atoms with Gasteiger partial charge in [0.15, 0.2) is 0 Å². The van der Waals surface area contributed by atoms with Crippen LogP contribution in [0.15, 0.2) is 85.1 Å². The highest BCUT2D eigenvalue weighted by atomic mass is 16.6. The summed E-state index contributed by atoms with van der Waals surface area (Å²) in [6.45, 7) is 0. The topological polar surface area (TPSA) is 128 Å². The number of benzene rings is 3. The van der Waals surface area contributed by atoms with E-state index in [2.05, 4.69) is 11.2 Å². The number of aromatic nitrogens is 2. The van der Waals surface area contributed by atoms with Crippen LogP contribution >= 0.6 is 0 Å². The highest BCUT2D eigenvalue weighted by Gasteiger charge is 2.17. The molecule has 0 atom stereocenters. The third-order valence-corrected chi connectivity index (χ3v) is 4.91. The molecule has 33 heavy (non-hydrogen) atoms. The Kier molecular flexibility index (Phi) is 5.74. The van der Waals surface area contributed by atoms with Gasteiger partial charge in [0.1, 0.15) is 5.69 Å². The lowest BCUT2D eigenvalue weighted by Crippen LogP contribution is -1.95. The third-order valence-electron chi connectivity index (χ3n) is 4.91. The van der Waals surface area contributed by atoms with Gasteiger partial charge < -0.3 is 0 Å². The first-order chi connectivity index (χ1) is 16.0. The third kappa shape index (κ3) is 4.50. The molecular weight excluding hydrogens is 422 g/mol. The molecule has 4 rings (SSSR count). The maximum Gasteiger partial charge on any atom is 0.269 e. The number of nitro groups is 2. The second kappa shape index (κ2) is 8.95. The Bertz CT molecular complexity index is 1400. The van der Waals surface area contributed by atoms with E-state index < -0.39 is 9.85 Å². The number of rotatable bonds is 6. The Labute approximate surface area is 187 Å². The lowest BCUT2D eigenvalue weighted by Gasteiger charge is -2.02. The van der Waals surface area contributed by atoms with E-state index in [1.54, 1.807) is 41.2 Å². The minimum absolute atomic E-state index is 0.0369. The number of nitrogens with zero attached hydrogens (tertiary/aromatic N) is 5. The molecule has 0 aliphatic rings. The number of hydrogen-bond donors (Lipinski definition) is 0. The molecule has 9 nitrogen and oxygen atoms in total. The fraction of sp³-hybridized carbons (Fsp3) is 0. The van der Waals surface area contributed by atoms with Crippen molar-refractivity contribution >= 4 is 23.0 Å². The van der Waals surface area contributed by atoms with E-state index in [9.17, 15) is 25.5 Å². The van der Waals surface area contributed by atoms with E-state index in [0.717, 1.165) is 5.56 Å². The fourth-order valence-electron chi connectivity index (χ4n) is 3.27. The SMILES string of the molecule is N#CC(=Cc1ccc([N+](=O)[O-])cc1)c1cn(-c2ccc([N+](=O)[O-])cc2)nc1-c1ccccc1. The molecule has 160 valence electrons. The smallest absolute Gasteiger partial charge is 0.258 e. The Morgan fingerprint density at radius 1 is 0.879 bits per heavy atom. The van der Waals surface area contributed by atoms with Gasteiger partial charge in [-0.3, -0.25) is 20.2 Å². The number of nitriles is 1. The van der Waals surface area contributed by atoms with Crippen LogP contribution in [0.4, 0.5) is 11.4 Å². The summed E-state index contributed by atoms with van der Waals surface area (Å²) < 4.78 is 1.56. The van der Waals surface area contributed by atoms with Crippen LogP contribution in [0.1, 0.15) is 11.1 Å². The lowest BCUT2D eigenvalue weighted by molar-refractivity contribution is -0.385. The second-order valence-corrected chi connectivity index (χ2v) is 6.99. The van der Waals surface area contributed by atoms with Gasteiger partial charge in [0.2, 0.25) is 0 Å². The van der Waals surface area contributed by atoms with Crippen molar-refractivity contribution in [1.82, 2.24) is 9.78 Å². The first-order valence-electron chi connectivity index (χ1n) is 9.73. The molecule has 0 aliphatic heterocycles. The largest absolute Gasteiger partial charge is 0.269 e. The van der Waals surface area contributed by atoms with Gasteiger partial charge in [-0.1, -0.05) is 30.3 Å². The second-order valence-electron chi connectivity index (χ2n) is 6.99. The molecule has 0 N–H and O–H groups in total. The van der Waals surface area contributed by atoms with Gasteiger partial charge in [0, 0.05) is 41.6 Å². The van der Waals surface area contributed by atoms with Gasteiger partial charge in [-0.2, -0.15) is 10.4 Å². The summed E-state index contributed by atoms with van der Waals surface area (Å²) in [5.41, 5.74) is 3.36. The molecule has 1 heterocycles. The van der Waals surface area contributed by atoms with Gasteiger partial charge in [-0.25, -0.2) is 4.68 Å². The first-order valence-corrected chi connectivity index (χ1v) is 9.73. The van der Waals surface area contributed by atoms with Crippen LogP contribution in [0.3, 0.4) is 0 Å². The van der Waals surface area contributed by atoms with E-state index in [1.807, 2.05) is 30.3 Å². The molecule has 0 bridgehead atoms. The van der Waals surface area contributed by atoms with Gasteiger partial charge in [0.05, 0.1) is 27.2 Å². The molecule has 0 saturated heterocycles. The van der Waals surface area contributed by atoms with E-state index in [0.29, 0.717) is 28.1 Å². The monoisotopic (exact) mass is 437 g/mol.